The molecule has 0 fully saturated rings. The highest BCUT2D eigenvalue weighted by atomic mass is 32.1. The first-order valence-electron chi connectivity index (χ1n) is 8.83. The monoisotopic (exact) mass is 410 g/mol. The van der Waals surface area contributed by atoms with Crippen LogP contribution >= 0.6 is 11.3 Å². The Kier molecular flexibility index (Phi) is 4.63. The number of fused-ring (bicyclic) bond motifs is 1. The minimum atomic E-state index is -0.419. The fraction of sp³-hybridized carbons (Fsp3) is 0.211. The van der Waals surface area contributed by atoms with Crippen molar-refractivity contribution in [2.24, 2.45) is 7.05 Å². The van der Waals surface area contributed by atoms with E-state index in [4.69, 9.17) is 0 Å². The molecule has 148 valence electrons. The van der Waals surface area contributed by atoms with Gasteiger partial charge in [0, 0.05) is 7.05 Å². The standard InChI is InChI=1S/C19H18N6O3S/c1-11-17(25(27)28)12(2)24(22-11)9-13-8-16(29-10-13)18(26)21-19-20-14-6-4-5-7-15(14)23(19)3/h4-8,10H,9H2,1-3H3,(H,20,21,26). The molecule has 1 amide bonds. The summed E-state index contributed by atoms with van der Waals surface area (Å²) in [6.07, 6.45) is 0. The van der Waals surface area contributed by atoms with Crippen LogP contribution in [0.15, 0.2) is 35.7 Å². The number of carbonyl (C=O) groups excluding carboxylic acids is 1. The van der Waals surface area contributed by atoms with Gasteiger partial charge >= 0.3 is 5.69 Å². The van der Waals surface area contributed by atoms with Crippen LogP contribution in [0, 0.1) is 24.0 Å². The van der Waals surface area contributed by atoms with Crippen molar-refractivity contribution in [2.75, 3.05) is 5.32 Å². The van der Waals surface area contributed by atoms with Crippen LogP contribution in [0.3, 0.4) is 0 Å². The van der Waals surface area contributed by atoms with Gasteiger partial charge in [0.15, 0.2) is 0 Å². The lowest BCUT2D eigenvalue weighted by Gasteiger charge is -2.03. The van der Waals surface area contributed by atoms with Gasteiger partial charge in [-0.05, 0) is 43.0 Å². The third-order valence-electron chi connectivity index (χ3n) is 4.75. The fourth-order valence-corrected chi connectivity index (χ4v) is 4.08. The number of aryl methyl sites for hydroxylation is 2. The van der Waals surface area contributed by atoms with Gasteiger partial charge in [-0.1, -0.05) is 12.1 Å². The number of nitrogens with zero attached hydrogens (tertiary/aromatic N) is 5. The van der Waals surface area contributed by atoms with Crippen molar-refractivity contribution in [2.45, 2.75) is 20.4 Å². The third kappa shape index (κ3) is 3.38. The van der Waals surface area contributed by atoms with Crippen molar-refractivity contribution >= 4 is 39.9 Å². The Morgan fingerprint density at radius 1 is 1.31 bits per heavy atom. The molecule has 0 aliphatic heterocycles. The van der Waals surface area contributed by atoms with Crippen LogP contribution in [0.4, 0.5) is 11.6 Å². The summed E-state index contributed by atoms with van der Waals surface area (Å²) in [6.45, 7) is 3.64. The SMILES string of the molecule is Cc1nn(Cc2csc(C(=O)Nc3nc4ccccc4n3C)c2)c(C)c1[N+](=O)[O-]. The molecule has 4 rings (SSSR count). The molecule has 0 aliphatic carbocycles. The van der Waals surface area contributed by atoms with E-state index in [0.29, 0.717) is 28.8 Å². The maximum Gasteiger partial charge on any atom is 0.312 e. The first-order valence-corrected chi connectivity index (χ1v) is 9.71. The molecule has 0 saturated carbocycles. The number of nitrogens with one attached hydrogen (secondary N) is 1. The number of para-hydroxylation sites is 2. The summed E-state index contributed by atoms with van der Waals surface area (Å²) in [5.41, 5.74) is 3.49. The van der Waals surface area contributed by atoms with E-state index in [1.807, 2.05) is 41.3 Å². The largest absolute Gasteiger partial charge is 0.313 e. The van der Waals surface area contributed by atoms with Gasteiger partial charge in [0.2, 0.25) is 5.95 Å². The van der Waals surface area contributed by atoms with Crippen LogP contribution in [-0.2, 0) is 13.6 Å². The summed E-state index contributed by atoms with van der Waals surface area (Å²) in [4.78, 5) is 28.4. The van der Waals surface area contributed by atoms with E-state index in [9.17, 15) is 14.9 Å². The Hall–Kier alpha value is -3.53. The van der Waals surface area contributed by atoms with Crippen LogP contribution in [0.5, 0.6) is 0 Å². The summed E-state index contributed by atoms with van der Waals surface area (Å²) in [7, 11) is 1.85. The number of amides is 1. The second-order valence-electron chi connectivity index (χ2n) is 6.69. The number of anilines is 1. The Bertz CT molecular complexity index is 1250. The van der Waals surface area contributed by atoms with Gasteiger partial charge in [0.25, 0.3) is 5.91 Å². The van der Waals surface area contributed by atoms with E-state index in [-0.39, 0.29) is 11.6 Å². The smallest absolute Gasteiger partial charge is 0.312 e. The molecule has 10 heteroatoms. The fourth-order valence-electron chi connectivity index (χ4n) is 3.28. The van der Waals surface area contributed by atoms with Gasteiger partial charge < -0.3 is 4.57 Å². The van der Waals surface area contributed by atoms with E-state index in [0.717, 1.165) is 16.6 Å². The average Bonchev–Trinajstić information content (AvgIpc) is 3.34. The van der Waals surface area contributed by atoms with Gasteiger partial charge in [-0.25, -0.2) is 4.98 Å². The predicted molar refractivity (Wildman–Crippen MR) is 110 cm³/mol. The molecule has 3 heterocycles. The van der Waals surface area contributed by atoms with E-state index in [1.165, 1.54) is 11.3 Å². The van der Waals surface area contributed by atoms with Crippen LogP contribution in [-0.4, -0.2) is 30.2 Å². The summed E-state index contributed by atoms with van der Waals surface area (Å²) in [5, 5.41) is 20.1. The Morgan fingerprint density at radius 2 is 2.07 bits per heavy atom. The molecule has 3 aromatic heterocycles. The summed E-state index contributed by atoms with van der Waals surface area (Å²) < 4.78 is 3.42. The highest BCUT2D eigenvalue weighted by Crippen LogP contribution is 2.24. The molecule has 0 bridgehead atoms. The van der Waals surface area contributed by atoms with Gasteiger partial charge in [0.1, 0.15) is 11.4 Å². The summed E-state index contributed by atoms with van der Waals surface area (Å²) >= 11 is 1.31. The van der Waals surface area contributed by atoms with Crippen molar-refractivity contribution in [1.82, 2.24) is 19.3 Å². The average molecular weight is 410 g/mol. The minimum absolute atomic E-state index is 0.0278. The minimum Gasteiger partial charge on any atom is -0.313 e. The Balaban J connectivity index is 1.53. The van der Waals surface area contributed by atoms with Crippen molar-refractivity contribution < 1.29 is 9.72 Å². The maximum absolute atomic E-state index is 12.7. The predicted octanol–water partition coefficient (Wildman–Crippen LogP) is 3.66. The molecule has 0 spiro atoms. The van der Waals surface area contributed by atoms with E-state index in [2.05, 4.69) is 15.4 Å². The normalized spacial score (nSPS) is 11.1. The molecule has 29 heavy (non-hydrogen) atoms. The topological polar surface area (TPSA) is 108 Å². The van der Waals surface area contributed by atoms with Crippen molar-refractivity contribution in [3.05, 3.63) is 67.7 Å². The molecule has 9 nitrogen and oxygen atoms in total. The highest BCUT2D eigenvalue weighted by molar-refractivity contribution is 7.12. The van der Waals surface area contributed by atoms with Crippen molar-refractivity contribution in [3.8, 4) is 0 Å². The van der Waals surface area contributed by atoms with Crippen molar-refractivity contribution in [3.63, 3.8) is 0 Å². The van der Waals surface area contributed by atoms with Gasteiger partial charge in [-0.3, -0.25) is 24.9 Å². The molecule has 4 aromatic rings. The number of thiophene rings is 1. The van der Waals surface area contributed by atoms with Crippen LogP contribution in [0.25, 0.3) is 11.0 Å². The van der Waals surface area contributed by atoms with Crippen LogP contribution in [0.1, 0.15) is 26.6 Å². The third-order valence-corrected chi connectivity index (χ3v) is 5.73. The molecular formula is C19H18N6O3S. The molecule has 0 saturated heterocycles. The number of benzene rings is 1. The number of rotatable bonds is 5. The van der Waals surface area contributed by atoms with Gasteiger partial charge in [-0.15, -0.1) is 11.3 Å². The number of hydrogen-bond donors (Lipinski definition) is 1. The zero-order chi connectivity index (χ0) is 20.7. The maximum atomic E-state index is 12.7. The highest BCUT2D eigenvalue weighted by Gasteiger charge is 2.22. The van der Waals surface area contributed by atoms with Gasteiger partial charge in [0.05, 0.1) is 27.4 Å². The number of hydrogen-bond acceptors (Lipinski definition) is 6. The molecular weight excluding hydrogens is 392 g/mol. The second kappa shape index (κ2) is 7.13. The molecule has 0 unspecified atom stereocenters. The Labute approximate surface area is 169 Å². The van der Waals surface area contributed by atoms with E-state index < -0.39 is 4.92 Å². The zero-order valence-corrected chi connectivity index (χ0v) is 16.9. The zero-order valence-electron chi connectivity index (χ0n) is 16.0. The van der Waals surface area contributed by atoms with Gasteiger partial charge in [-0.2, -0.15) is 5.10 Å². The second-order valence-corrected chi connectivity index (χ2v) is 7.60. The number of aromatic nitrogens is 4. The number of carbonyl (C=O) groups is 1. The quantitative estimate of drug-likeness (QED) is 0.399. The number of nitro groups is 1. The van der Waals surface area contributed by atoms with Crippen LogP contribution in [0.2, 0.25) is 0 Å². The lowest BCUT2D eigenvalue weighted by atomic mass is 10.3. The Morgan fingerprint density at radius 3 is 2.76 bits per heavy atom. The summed E-state index contributed by atoms with van der Waals surface area (Å²) in [5.74, 6) is 0.222. The lowest BCUT2D eigenvalue weighted by Crippen LogP contribution is -2.13. The number of imidazole rings is 1. The molecule has 1 aromatic carbocycles. The lowest BCUT2D eigenvalue weighted by molar-refractivity contribution is -0.386. The summed E-state index contributed by atoms with van der Waals surface area (Å²) in [6, 6.07) is 9.42. The molecule has 0 atom stereocenters. The molecule has 0 radical (unpaired) electrons. The first-order chi connectivity index (χ1) is 13.8. The van der Waals surface area contributed by atoms with Crippen molar-refractivity contribution in [1.29, 1.82) is 0 Å². The molecule has 1 N–H and O–H groups in total. The first kappa shape index (κ1) is 18.8. The van der Waals surface area contributed by atoms with E-state index in [1.54, 1.807) is 24.6 Å². The molecule has 0 aliphatic rings. The van der Waals surface area contributed by atoms with E-state index >= 15 is 0 Å². The van der Waals surface area contributed by atoms with Crippen LogP contribution < -0.4 is 5.32 Å².